The highest BCUT2D eigenvalue weighted by Gasteiger charge is 2.15. The molecule has 1 aromatic rings. The van der Waals surface area contributed by atoms with Crippen molar-refractivity contribution < 1.29 is 23.9 Å². The van der Waals surface area contributed by atoms with Crippen molar-refractivity contribution in [2.45, 2.75) is 39.2 Å². The first kappa shape index (κ1) is 20.0. The van der Waals surface area contributed by atoms with Crippen molar-refractivity contribution in [3.05, 3.63) is 34.9 Å². The van der Waals surface area contributed by atoms with Crippen LogP contribution >= 0.6 is 11.6 Å². The third-order valence-electron chi connectivity index (χ3n) is 2.76. The van der Waals surface area contributed by atoms with E-state index in [-0.39, 0.29) is 25.4 Å². The molecule has 1 N–H and O–H groups in total. The number of ketones is 1. The monoisotopic (exact) mass is 355 g/mol. The van der Waals surface area contributed by atoms with E-state index >= 15 is 0 Å². The zero-order valence-electron chi connectivity index (χ0n) is 14.1. The smallest absolute Gasteiger partial charge is 0.407 e. The van der Waals surface area contributed by atoms with Gasteiger partial charge < -0.3 is 14.8 Å². The molecule has 0 radical (unpaired) electrons. The molecule has 0 unspecified atom stereocenters. The van der Waals surface area contributed by atoms with Crippen LogP contribution in [0.2, 0.25) is 5.02 Å². The van der Waals surface area contributed by atoms with Crippen LogP contribution < -0.4 is 5.32 Å². The molecule has 7 heteroatoms. The minimum Gasteiger partial charge on any atom is -0.457 e. The average molecular weight is 356 g/mol. The molecule has 0 aliphatic carbocycles. The Kier molecular flexibility index (Phi) is 7.71. The maximum absolute atomic E-state index is 11.8. The normalized spacial score (nSPS) is 10.8. The second kappa shape index (κ2) is 9.27. The SMILES string of the molecule is CC(C)(C)OC(=O)NCCCC(=O)OCC(=O)c1ccc(Cl)cc1. The zero-order chi connectivity index (χ0) is 18.2. The van der Waals surface area contributed by atoms with Gasteiger partial charge in [-0.05, 0) is 51.5 Å². The number of alkyl carbamates (subject to hydrolysis) is 1. The highest BCUT2D eigenvalue weighted by Crippen LogP contribution is 2.10. The van der Waals surface area contributed by atoms with Gasteiger partial charge in [0.25, 0.3) is 0 Å². The van der Waals surface area contributed by atoms with Gasteiger partial charge in [-0.2, -0.15) is 0 Å². The summed E-state index contributed by atoms with van der Waals surface area (Å²) in [5, 5.41) is 3.07. The topological polar surface area (TPSA) is 81.7 Å². The third-order valence-corrected chi connectivity index (χ3v) is 3.01. The van der Waals surface area contributed by atoms with Crippen molar-refractivity contribution >= 4 is 29.4 Å². The Labute approximate surface area is 146 Å². The number of carbonyl (C=O) groups is 3. The predicted octanol–water partition coefficient (Wildman–Crippen LogP) is 3.37. The van der Waals surface area contributed by atoms with E-state index in [2.05, 4.69) is 5.32 Å². The van der Waals surface area contributed by atoms with Crippen molar-refractivity contribution in [3.8, 4) is 0 Å². The lowest BCUT2D eigenvalue weighted by molar-refractivity contribution is -0.142. The van der Waals surface area contributed by atoms with Crippen LogP contribution in [-0.2, 0) is 14.3 Å². The van der Waals surface area contributed by atoms with Crippen LogP contribution in [0, 0.1) is 0 Å². The number of Topliss-reactive ketones (excluding diaryl/α,β-unsaturated/α-hetero) is 1. The maximum Gasteiger partial charge on any atom is 0.407 e. The summed E-state index contributed by atoms with van der Waals surface area (Å²) in [6, 6.07) is 6.34. The van der Waals surface area contributed by atoms with E-state index in [0.717, 1.165) is 0 Å². The fourth-order valence-electron chi connectivity index (χ4n) is 1.67. The lowest BCUT2D eigenvalue weighted by Gasteiger charge is -2.19. The van der Waals surface area contributed by atoms with Gasteiger partial charge in [0.15, 0.2) is 12.4 Å². The van der Waals surface area contributed by atoms with Gasteiger partial charge in [0.1, 0.15) is 5.60 Å². The summed E-state index contributed by atoms with van der Waals surface area (Å²) in [7, 11) is 0. The van der Waals surface area contributed by atoms with Crippen molar-refractivity contribution in [3.63, 3.8) is 0 Å². The largest absolute Gasteiger partial charge is 0.457 e. The summed E-state index contributed by atoms with van der Waals surface area (Å²) >= 11 is 5.74. The van der Waals surface area contributed by atoms with Gasteiger partial charge in [-0.1, -0.05) is 11.6 Å². The zero-order valence-corrected chi connectivity index (χ0v) is 14.8. The summed E-state index contributed by atoms with van der Waals surface area (Å²) in [6.07, 6.45) is -0.0366. The predicted molar refractivity (Wildman–Crippen MR) is 90.2 cm³/mol. The highest BCUT2D eigenvalue weighted by molar-refractivity contribution is 6.30. The molecule has 0 aliphatic heterocycles. The number of carbonyl (C=O) groups excluding carboxylic acids is 3. The second-order valence-electron chi connectivity index (χ2n) is 6.12. The third kappa shape index (κ3) is 8.53. The number of halogens is 1. The number of ether oxygens (including phenoxy) is 2. The Morgan fingerprint density at radius 2 is 1.75 bits per heavy atom. The van der Waals surface area contributed by atoms with Gasteiger partial charge in [-0.3, -0.25) is 9.59 Å². The van der Waals surface area contributed by atoms with Crippen LogP contribution in [0.25, 0.3) is 0 Å². The fourth-order valence-corrected chi connectivity index (χ4v) is 1.80. The van der Waals surface area contributed by atoms with Crippen molar-refractivity contribution in [1.29, 1.82) is 0 Å². The quantitative estimate of drug-likeness (QED) is 0.460. The molecule has 1 aromatic carbocycles. The standard InChI is InChI=1S/C17H22ClNO5/c1-17(2,3)24-16(22)19-10-4-5-15(21)23-11-14(20)12-6-8-13(18)9-7-12/h6-9H,4-5,10-11H2,1-3H3,(H,19,22). The van der Waals surface area contributed by atoms with E-state index in [1.165, 1.54) is 0 Å². The molecule has 24 heavy (non-hydrogen) atoms. The van der Waals surface area contributed by atoms with Gasteiger partial charge in [0.05, 0.1) is 0 Å². The molecule has 0 aliphatic rings. The molecule has 1 amide bonds. The van der Waals surface area contributed by atoms with Crippen LogP contribution in [0.4, 0.5) is 4.79 Å². The molecule has 0 atom stereocenters. The number of benzene rings is 1. The molecule has 0 spiro atoms. The first-order valence-corrected chi connectivity index (χ1v) is 7.96. The minimum atomic E-state index is -0.564. The summed E-state index contributed by atoms with van der Waals surface area (Å²) in [6.45, 7) is 5.26. The summed E-state index contributed by atoms with van der Waals surface area (Å²) in [5.41, 5.74) is -0.135. The number of amides is 1. The van der Waals surface area contributed by atoms with E-state index in [1.807, 2.05) is 0 Å². The number of nitrogens with one attached hydrogen (secondary N) is 1. The molecule has 0 heterocycles. The number of rotatable bonds is 7. The summed E-state index contributed by atoms with van der Waals surface area (Å²) in [5.74, 6) is -0.796. The highest BCUT2D eigenvalue weighted by atomic mass is 35.5. The molecule has 132 valence electrons. The fraction of sp³-hybridized carbons (Fsp3) is 0.471. The van der Waals surface area contributed by atoms with E-state index in [1.54, 1.807) is 45.0 Å². The van der Waals surface area contributed by atoms with Crippen LogP contribution in [0.15, 0.2) is 24.3 Å². The van der Waals surface area contributed by atoms with Gasteiger partial charge in [0.2, 0.25) is 0 Å². The van der Waals surface area contributed by atoms with Gasteiger partial charge in [-0.15, -0.1) is 0 Å². The molecule has 0 saturated carbocycles. The number of esters is 1. The van der Waals surface area contributed by atoms with E-state index in [4.69, 9.17) is 21.1 Å². The van der Waals surface area contributed by atoms with E-state index in [0.29, 0.717) is 17.0 Å². The maximum atomic E-state index is 11.8. The van der Waals surface area contributed by atoms with Crippen molar-refractivity contribution in [2.75, 3.05) is 13.2 Å². The molecule has 6 nitrogen and oxygen atoms in total. The molecule has 1 rings (SSSR count). The lowest BCUT2D eigenvalue weighted by atomic mass is 10.1. The van der Waals surface area contributed by atoms with E-state index in [9.17, 15) is 14.4 Å². The molecular weight excluding hydrogens is 334 g/mol. The van der Waals surface area contributed by atoms with E-state index < -0.39 is 17.7 Å². The summed E-state index contributed by atoms with van der Waals surface area (Å²) < 4.78 is 9.97. The van der Waals surface area contributed by atoms with Crippen molar-refractivity contribution in [1.82, 2.24) is 5.32 Å². The van der Waals surface area contributed by atoms with Crippen LogP contribution in [0.3, 0.4) is 0 Å². The Balaban J connectivity index is 2.19. The first-order chi connectivity index (χ1) is 11.2. The molecule has 0 bridgehead atoms. The molecule has 0 aromatic heterocycles. The Hall–Kier alpha value is -2.08. The molecule has 0 saturated heterocycles. The van der Waals surface area contributed by atoms with Crippen LogP contribution in [0.5, 0.6) is 0 Å². The lowest BCUT2D eigenvalue weighted by Crippen LogP contribution is -2.33. The Morgan fingerprint density at radius 3 is 2.33 bits per heavy atom. The number of hydrogen-bond donors (Lipinski definition) is 1. The van der Waals surface area contributed by atoms with Crippen LogP contribution in [0.1, 0.15) is 44.0 Å². The molecular formula is C17H22ClNO5. The minimum absolute atomic E-state index is 0.101. The van der Waals surface area contributed by atoms with Gasteiger partial charge in [-0.25, -0.2) is 4.79 Å². The van der Waals surface area contributed by atoms with Crippen LogP contribution in [-0.4, -0.2) is 36.6 Å². The first-order valence-electron chi connectivity index (χ1n) is 7.58. The number of hydrogen-bond acceptors (Lipinski definition) is 5. The van der Waals surface area contributed by atoms with Gasteiger partial charge in [0, 0.05) is 23.6 Å². The summed E-state index contributed by atoms with van der Waals surface area (Å²) in [4.78, 5) is 34.8. The average Bonchev–Trinajstić information content (AvgIpc) is 2.48. The van der Waals surface area contributed by atoms with Crippen molar-refractivity contribution in [2.24, 2.45) is 0 Å². The Morgan fingerprint density at radius 1 is 1.12 bits per heavy atom. The second-order valence-corrected chi connectivity index (χ2v) is 6.56. The van der Waals surface area contributed by atoms with Gasteiger partial charge >= 0.3 is 12.1 Å². The Bertz CT molecular complexity index is 578. The molecule has 0 fully saturated rings.